The van der Waals surface area contributed by atoms with E-state index in [4.69, 9.17) is 9.47 Å². The van der Waals surface area contributed by atoms with Crippen LogP contribution in [0.15, 0.2) is 29.3 Å². The second-order valence-electron chi connectivity index (χ2n) is 5.41. The van der Waals surface area contributed by atoms with E-state index < -0.39 is 0 Å². The Morgan fingerprint density at radius 3 is 2.36 bits per heavy atom. The summed E-state index contributed by atoms with van der Waals surface area (Å²) < 4.78 is 11.8. The van der Waals surface area contributed by atoms with Gasteiger partial charge in [0, 0.05) is 32.2 Å². The van der Waals surface area contributed by atoms with Gasteiger partial charge in [-0.05, 0) is 46.5 Å². The molecule has 1 saturated heterocycles. The highest BCUT2D eigenvalue weighted by Crippen LogP contribution is 2.39. The number of hydrogen-bond acceptors (Lipinski definition) is 4. The van der Waals surface area contributed by atoms with Gasteiger partial charge in [-0.15, -0.1) is 6.58 Å². The molecule has 1 aliphatic heterocycles. The van der Waals surface area contributed by atoms with Crippen LogP contribution in [0.1, 0.15) is 24.4 Å². The SMILES string of the molecule is C=CCC[C@@H](c1cc(OC)c(Br)c(OC)c1)N1CCNCC1. The number of hydrogen-bond donors (Lipinski definition) is 1. The standard InChI is InChI=1S/C17H25BrN2O2/c1-4-5-6-14(20-9-7-19-8-10-20)13-11-15(21-2)17(18)16(12-13)22-3/h4,11-12,14,19H,1,5-10H2,2-3H3/t14-/m0/s1. The van der Waals surface area contributed by atoms with Crippen LogP contribution in [-0.2, 0) is 0 Å². The monoisotopic (exact) mass is 368 g/mol. The van der Waals surface area contributed by atoms with Crippen LogP contribution in [0.5, 0.6) is 11.5 Å². The van der Waals surface area contributed by atoms with Crippen LogP contribution >= 0.6 is 15.9 Å². The van der Waals surface area contributed by atoms with Crippen molar-refractivity contribution in [2.24, 2.45) is 0 Å². The molecule has 0 saturated carbocycles. The van der Waals surface area contributed by atoms with E-state index in [1.54, 1.807) is 14.2 Å². The van der Waals surface area contributed by atoms with Crippen molar-refractivity contribution in [1.82, 2.24) is 10.2 Å². The number of rotatable bonds is 7. The predicted molar refractivity (Wildman–Crippen MR) is 93.9 cm³/mol. The average Bonchev–Trinajstić information content (AvgIpc) is 2.57. The van der Waals surface area contributed by atoms with Gasteiger partial charge in [-0.1, -0.05) is 6.08 Å². The van der Waals surface area contributed by atoms with Gasteiger partial charge in [0.05, 0.1) is 14.2 Å². The Labute approximate surface area is 141 Å². The topological polar surface area (TPSA) is 33.7 Å². The number of benzene rings is 1. The fraction of sp³-hybridized carbons (Fsp3) is 0.529. The van der Waals surface area contributed by atoms with Gasteiger partial charge in [0.1, 0.15) is 16.0 Å². The minimum absolute atomic E-state index is 0.357. The minimum Gasteiger partial charge on any atom is -0.495 e. The molecule has 5 heteroatoms. The number of halogens is 1. The normalized spacial score (nSPS) is 17.0. The molecule has 0 aliphatic carbocycles. The fourth-order valence-electron chi connectivity index (χ4n) is 2.91. The Hall–Kier alpha value is -1.04. The summed E-state index contributed by atoms with van der Waals surface area (Å²) in [7, 11) is 3.37. The molecule has 0 bridgehead atoms. The van der Waals surface area contributed by atoms with E-state index in [0.29, 0.717) is 6.04 Å². The molecular weight excluding hydrogens is 344 g/mol. The maximum atomic E-state index is 5.49. The zero-order valence-corrected chi connectivity index (χ0v) is 15.0. The Kier molecular flexibility index (Phi) is 6.73. The van der Waals surface area contributed by atoms with Crippen LogP contribution in [0, 0.1) is 0 Å². The van der Waals surface area contributed by atoms with Gasteiger partial charge in [-0.3, -0.25) is 4.90 Å². The van der Waals surface area contributed by atoms with E-state index in [-0.39, 0.29) is 0 Å². The maximum absolute atomic E-state index is 5.49. The molecule has 0 unspecified atom stereocenters. The molecule has 0 spiro atoms. The minimum atomic E-state index is 0.357. The largest absolute Gasteiger partial charge is 0.495 e. The number of piperazine rings is 1. The van der Waals surface area contributed by atoms with Gasteiger partial charge in [0.15, 0.2) is 0 Å². The summed E-state index contributed by atoms with van der Waals surface area (Å²) in [6, 6.07) is 4.58. The molecule has 1 atom stereocenters. The Morgan fingerprint density at radius 1 is 1.27 bits per heavy atom. The lowest BCUT2D eigenvalue weighted by Gasteiger charge is -2.35. The maximum Gasteiger partial charge on any atom is 0.137 e. The van der Waals surface area contributed by atoms with Gasteiger partial charge in [0.25, 0.3) is 0 Å². The summed E-state index contributed by atoms with van der Waals surface area (Å²) in [5, 5.41) is 3.41. The third kappa shape index (κ3) is 4.03. The van der Waals surface area contributed by atoms with E-state index in [0.717, 1.165) is 55.0 Å². The first-order chi connectivity index (χ1) is 10.7. The second-order valence-corrected chi connectivity index (χ2v) is 6.20. The van der Waals surface area contributed by atoms with Crippen molar-refractivity contribution in [2.75, 3.05) is 40.4 Å². The van der Waals surface area contributed by atoms with E-state index >= 15 is 0 Å². The van der Waals surface area contributed by atoms with Crippen molar-refractivity contribution < 1.29 is 9.47 Å². The molecule has 0 amide bonds. The van der Waals surface area contributed by atoms with Gasteiger partial charge >= 0.3 is 0 Å². The first kappa shape index (κ1) is 17.3. The fourth-order valence-corrected chi connectivity index (χ4v) is 3.46. The van der Waals surface area contributed by atoms with Gasteiger partial charge < -0.3 is 14.8 Å². The molecular formula is C17H25BrN2O2. The van der Waals surface area contributed by atoms with Crippen LogP contribution in [0.4, 0.5) is 0 Å². The molecule has 0 aromatic heterocycles. The van der Waals surface area contributed by atoms with E-state index in [9.17, 15) is 0 Å². The number of methoxy groups -OCH3 is 2. The first-order valence-corrected chi connectivity index (χ1v) is 8.47. The highest BCUT2D eigenvalue weighted by molar-refractivity contribution is 9.10. The molecule has 1 fully saturated rings. The molecule has 1 aromatic carbocycles. The van der Waals surface area contributed by atoms with Gasteiger partial charge in [-0.25, -0.2) is 0 Å². The predicted octanol–water partition coefficient (Wildman–Crippen LogP) is 3.38. The van der Waals surface area contributed by atoms with Gasteiger partial charge in [-0.2, -0.15) is 0 Å². The molecule has 2 rings (SSSR count). The van der Waals surface area contributed by atoms with Crippen molar-refractivity contribution >= 4 is 15.9 Å². The Bertz CT molecular complexity index is 476. The zero-order chi connectivity index (χ0) is 15.9. The summed E-state index contributed by atoms with van der Waals surface area (Å²) in [6.07, 6.45) is 4.04. The van der Waals surface area contributed by atoms with Crippen molar-refractivity contribution in [3.05, 3.63) is 34.8 Å². The first-order valence-electron chi connectivity index (χ1n) is 7.68. The third-order valence-corrected chi connectivity index (χ3v) is 4.87. The Morgan fingerprint density at radius 2 is 1.86 bits per heavy atom. The summed E-state index contributed by atoms with van der Waals surface area (Å²) in [5.74, 6) is 1.63. The number of ether oxygens (including phenoxy) is 2. The third-order valence-electron chi connectivity index (χ3n) is 4.09. The lowest BCUT2D eigenvalue weighted by Crippen LogP contribution is -2.45. The lowest BCUT2D eigenvalue weighted by molar-refractivity contribution is 0.165. The lowest BCUT2D eigenvalue weighted by atomic mass is 9.98. The van der Waals surface area contributed by atoms with Crippen LogP contribution in [0.2, 0.25) is 0 Å². The number of nitrogens with one attached hydrogen (secondary N) is 1. The van der Waals surface area contributed by atoms with Gasteiger partial charge in [0.2, 0.25) is 0 Å². The van der Waals surface area contributed by atoms with Crippen molar-refractivity contribution in [3.63, 3.8) is 0 Å². The number of nitrogens with zero attached hydrogens (tertiary/aromatic N) is 1. The molecule has 4 nitrogen and oxygen atoms in total. The Balaban J connectivity index is 2.34. The highest BCUT2D eigenvalue weighted by Gasteiger charge is 2.23. The summed E-state index contributed by atoms with van der Waals surface area (Å²) in [4.78, 5) is 2.53. The molecule has 122 valence electrons. The summed E-state index contributed by atoms with van der Waals surface area (Å²) in [6.45, 7) is 8.06. The highest BCUT2D eigenvalue weighted by atomic mass is 79.9. The quantitative estimate of drug-likeness (QED) is 0.748. The van der Waals surface area contributed by atoms with Crippen LogP contribution < -0.4 is 14.8 Å². The number of allylic oxidation sites excluding steroid dienone is 1. The van der Waals surface area contributed by atoms with E-state index in [1.807, 2.05) is 6.08 Å². The molecule has 1 N–H and O–H groups in total. The summed E-state index contributed by atoms with van der Waals surface area (Å²) >= 11 is 3.54. The van der Waals surface area contributed by atoms with E-state index in [1.165, 1.54) is 5.56 Å². The average molecular weight is 369 g/mol. The molecule has 0 radical (unpaired) electrons. The molecule has 1 aromatic rings. The molecule has 1 heterocycles. The van der Waals surface area contributed by atoms with Crippen LogP contribution in [-0.4, -0.2) is 45.3 Å². The zero-order valence-electron chi connectivity index (χ0n) is 13.4. The smallest absolute Gasteiger partial charge is 0.137 e. The van der Waals surface area contributed by atoms with Crippen molar-refractivity contribution in [2.45, 2.75) is 18.9 Å². The van der Waals surface area contributed by atoms with Crippen LogP contribution in [0.3, 0.4) is 0 Å². The molecule has 1 aliphatic rings. The van der Waals surface area contributed by atoms with E-state index in [2.05, 4.69) is 44.9 Å². The van der Waals surface area contributed by atoms with Crippen molar-refractivity contribution in [3.8, 4) is 11.5 Å². The summed E-state index contributed by atoms with van der Waals surface area (Å²) in [5.41, 5.74) is 1.24. The second kappa shape index (κ2) is 8.56. The van der Waals surface area contributed by atoms with Crippen molar-refractivity contribution in [1.29, 1.82) is 0 Å². The van der Waals surface area contributed by atoms with Crippen LogP contribution in [0.25, 0.3) is 0 Å². The molecule has 22 heavy (non-hydrogen) atoms.